The minimum absolute atomic E-state index is 0.0243. The molecule has 1 aromatic heterocycles. The summed E-state index contributed by atoms with van der Waals surface area (Å²) in [7, 11) is 0. The molecular weight excluding hydrogens is 344 g/mol. The lowest BCUT2D eigenvalue weighted by Crippen LogP contribution is -2.15. The van der Waals surface area contributed by atoms with Crippen molar-refractivity contribution in [2.75, 3.05) is 5.32 Å². The Hall–Kier alpha value is -2.40. The Labute approximate surface area is 157 Å². The maximum atomic E-state index is 12.5. The van der Waals surface area contributed by atoms with E-state index in [-0.39, 0.29) is 22.2 Å². The van der Waals surface area contributed by atoms with E-state index in [4.69, 9.17) is 0 Å². The van der Waals surface area contributed by atoms with Crippen molar-refractivity contribution >= 4 is 33.1 Å². The number of hydrogen-bond donors (Lipinski definition) is 1. The summed E-state index contributed by atoms with van der Waals surface area (Å²) < 4.78 is 2.65. The number of carbonyl (C=O) groups is 1. The van der Waals surface area contributed by atoms with Crippen molar-refractivity contribution in [1.82, 2.24) is 4.57 Å². The average molecular weight is 369 g/mol. The van der Waals surface area contributed by atoms with E-state index in [0.29, 0.717) is 11.3 Å². The minimum atomic E-state index is -0.152. The molecule has 26 heavy (non-hydrogen) atoms. The van der Waals surface area contributed by atoms with Crippen LogP contribution in [0, 0.1) is 0 Å². The molecule has 0 fully saturated rings. The van der Waals surface area contributed by atoms with Crippen molar-refractivity contribution in [3.8, 4) is 0 Å². The number of thiazole rings is 1. The molecule has 0 aliphatic heterocycles. The Morgan fingerprint density at radius 3 is 2.31 bits per heavy atom. The van der Waals surface area contributed by atoms with Crippen LogP contribution in [0.25, 0.3) is 10.2 Å². The van der Waals surface area contributed by atoms with Crippen molar-refractivity contribution in [2.45, 2.75) is 46.1 Å². The predicted molar refractivity (Wildman–Crippen MR) is 110 cm³/mol. The van der Waals surface area contributed by atoms with E-state index in [1.807, 2.05) is 56.3 Å². The second kappa shape index (κ2) is 6.72. The number of anilines is 1. The maximum absolute atomic E-state index is 12.5. The number of rotatable bonds is 3. The second-order valence-electron chi connectivity index (χ2n) is 7.80. The zero-order valence-corrected chi connectivity index (χ0v) is 16.6. The lowest BCUT2D eigenvalue weighted by Gasteiger charge is -2.19. The zero-order valence-electron chi connectivity index (χ0n) is 15.8. The molecule has 0 spiro atoms. The highest BCUT2D eigenvalue weighted by Gasteiger charge is 2.15. The molecule has 0 aliphatic rings. The molecule has 0 aliphatic carbocycles. The topological polar surface area (TPSA) is 51.1 Å². The molecule has 1 N–H and O–H groups in total. The number of carbonyl (C=O) groups excluding carboxylic acids is 1. The number of nitrogens with zero attached hydrogens (tertiary/aromatic N) is 1. The van der Waals surface area contributed by atoms with Crippen LogP contribution in [0.4, 0.5) is 5.69 Å². The summed E-state index contributed by atoms with van der Waals surface area (Å²) >= 11 is 1.20. The van der Waals surface area contributed by atoms with Gasteiger partial charge in [0.15, 0.2) is 0 Å². The fourth-order valence-corrected chi connectivity index (χ4v) is 3.98. The highest BCUT2D eigenvalue weighted by Crippen LogP contribution is 2.25. The van der Waals surface area contributed by atoms with Crippen molar-refractivity contribution in [3.63, 3.8) is 0 Å². The van der Waals surface area contributed by atoms with E-state index in [2.05, 4.69) is 26.1 Å². The Morgan fingerprint density at radius 1 is 1.08 bits per heavy atom. The van der Waals surface area contributed by atoms with Crippen LogP contribution in [0.2, 0.25) is 0 Å². The summed E-state index contributed by atoms with van der Waals surface area (Å²) in [6.07, 6.45) is 0. The third-order valence-corrected chi connectivity index (χ3v) is 5.32. The van der Waals surface area contributed by atoms with Gasteiger partial charge in [0.25, 0.3) is 5.91 Å². The van der Waals surface area contributed by atoms with Gasteiger partial charge in [0.05, 0.1) is 10.2 Å². The standard InChI is InChI=1S/C21H24N2O2S/c1-13(2)23-17-11-10-16(12-18(17)26-20(23)25)22-19(24)14-6-8-15(9-7-14)21(3,4)5/h6-13H,1-5H3,(H,22,24). The first kappa shape index (κ1) is 18.4. The summed E-state index contributed by atoms with van der Waals surface area (Å²) in [5, 5.41) is 2.92. The quantitative estimate of drug-likeness (QED) is 0.691. The maximum Gasteiger partial charge on any atom is 0.308 e. The largest absolute Gasteiger partial charge is 0.322 e. The van der Waals surface area contributed by atoms with E-state index >= 15 is 0 Å². The lowest BCUT2D eigenvalue weighted by molar-refractivity contribution is 0.102. The molecule has 2 aromatic carbocycles. The van der Waals surface area contributed by atoms with Gasteiger partial charge in [-0.25, -0.2) is 0 Å². The van der Waals surface area contributed by atoms with Crippen LogP contribution in [0.15, 0.2) is 47.3 Å². The van der Waals surface area contributed by atoms with E-state index < -0.39 is 0 Å². The molecular formula is C21H24N2O2S. The van der Waals surface area contributed by atoms with E-state index in [1.54, 1.807) is 4.57 Å². The van der Waals surface area contributed by atoms with Gasteiger partial charge in [0, 0.05) is 17.3 Å². The van der Waals surface area contributed by atoms with Crippen molar-refractivity contribution in [2.24, 2.45) is 0 Å². The number of aromatic nitrogens is 1. The first-order valence-electron chi connectivity index (χ1n) is 8.74. The van der Waals surface area contributed by atoms with E-state index in [0.717, 1.165) is 10.2 Å². The molecule has 0 radical (unpaired) electrons. The van der Waals surface area contributed by atoms with Gasteiger partial charge in [-0.15, -0.1) is 0 Å². The first-order valence-corrected chi connectivity index (χ1v) is 9.55. The van der Waals surface area contributed by atoms with Gasteiger partial charge < -0.3 is 5.32 Å². The van der Waals surface area contributed by atoms with Gasteiger partial charge in [-0.3, -0.25) is 14.2 Å². The van der Waals surface area contributed by atoms with Gasteiger partial charge in [-0.05, 0) is 55.2 Å². The third-order valence-electron chi connectivity index (χ3n) is 4.40. The van der Waals surface area contributed by atoms with Crippen molar-refractivity contribution in [3.05, 3.63) is 63.3 Å². The molecule has 0 saturated carbocycles. The van der Waals surface area contributed by atoms with E-state index in [9.17, 15) is 9.59 Å². The summed E-state index contributed by atoms with van der Waals surface area (Å²) in [6, 6.07) is 13.4. The highest BCUT2D eigenvalue weighted by atomic mass is 32.1. The summed E-state index contributed by atoms with van der Waals surface area (Å²) in [6.45, 7) is 10.4. The molecule has 136 valence electrons. The van der Waals surface area contributed by atoms with Crippen LogP contribution >= 0.6 is 11.3 Å². The fourth-order valence-electron chi connectivity index (χ4n) is 2.93. The average Bonchev–Trinajstić information content (AvgIpc) is 2.89. The Bertz CT molecular complexity index is 1010. The van der Waals surface area contributed by atoms with Gasteiger partial charge in [-0.1, -0.05) is 44.2 Å². The molecule has 0 atom stereocenters. The first-order chi connectivity index (χ1) is 12.2. The summed E-state index contributed by atoms with van der Waals surface area (Å²) in [4.78, 5) is 24.7. The number of benzene rings is 2. The molecule has 3 rings (SSSR count). The summed E-state index contributed by atoms with van der Waals surface area (Å²) in [5.41, 5.74) is 3.46. The van der Waals surface area contributed by atoms with Crippen LogP contribution in [-0.4, -0.2) is 10.5 Å². The smallest absolute Gasteiger partial charge is 0.308 e. The molecule has 4 nitrogen and oxygen atoms in total. The monoisotopic (exact) mass is 368 g/mol. The van der Waals surface area contributed by atoms with Crippen LogP contribution in [0.1, 0.15) is 56.6 Å². The van der Waals surface area contributed by atoms with Gasteiger partial charge in [0.1, 0.15) is 0 Å². The normalized spacial score (nSPS) is 11.9. The van der Waals surface area contributed by atoms with Gasteiger partial charge >= 0.3 is 4.87 Å². The highest BCUT2D eigenvalue weighted by molar-refractivity contribution is 7.16. The second-order valence-corrected chi connectivity index (χ2v) is 8.79. The number of nitrogens with one attached hydrogen (secondary N) is 1. The number of hydrogen-bond acceptors (Lipinski definition) is 3. The predicted octanol–water partition coefficient (Wildman–Crippen LogP) is 5.19. The van der Waals surface area contributed by atoms with Crippen LogP contribution in [-0.2, 0) is 5.41 Å². The molecule has 0 saturated heterocycles. The van der Waals surface area contributed by atoms with Crippen LogP contribution in [0.3, 0.4) is 0 Å². The molecule has 1 amide bonds. The summed E-state index contributed by atoms with van der Waals surface area (Å²) in [5.74, 6) is -0.152. The van der Waals surface area contributed by atoms with Gasteiger partial charge in [-0.2, -0.15) is 0 Å². The SMILES string of the molecule is CC(C)n1c(=O)sc2cc(NC(=O)c3ccc(C(C)(C)C)cc3)ccc21. The number of fused-ring (bicyclic) bond motifs is 1. The molecule has 5 heteroatoms. The van der Waals surface area contributed by atoms with Crippen molar-refractivity contribution < 1.29 is 4.79 Å². The fraction of sp³-hybridized carbons (Fsp3) is 0.333. The van der Waals surface area contributed by atoms with Crippen LogP contribution in [0.5, 0.6) is 0 Å². The third kappa shape index (κ3) is 3.58. The van der Waals surface area contributed by atoms with E-state index in [1.165, 1.54) is 16.9 Å². The zero-order chi connectivity index (χ0) is 19.1. The lowest BCUT2D eigenvalue weighted by atomic mass is 9.87. The molecule has 0 bridgehead atoms. The molecule has 3 aromatic rings. The Morgan fingerprint density at radius 2 is 1.73 bits per heavy atom. The minimum Gasteiger partial charge on any atom is -0.322 e. The Kier molecular flexibility index (Phi) is 4.76. The molecule has 1 heterocycles. The van der Waals surface area contributed by atoms with Crippen molar-refractivity contribution in [1.29, 1.82) is 0 Å². The number of amides is 1. The van der Waals surface area contributed by atoms with Crippen LogP contribution < -0.4 is 10.2 Å². The molecule has 0 unspecified atom stereocenters. The Balaban J connectivity index is 1.84. The van der Waals surface area contributed by atoms with Gasteiger partial charge in [0.2, 0.25) is 0 Å².